The molecule has 0 radical (unpaired) electrons. The number of hydrogen-bond donors (Lipinski definition) is 1. The fourth-order valence-corrected chi connectivity index (χ4v) is 3.03. The highest BCUT2D eigenvalue weighted by Gasteiger charge is 2.28. The highest BCUT2D eigenvalue weighted by atomic mass is 16.2. The van der Waals surface area contributed by atoms with E-state index in [1.165, 1.54) is 0 Å². The summed E-state index contributed by atoms with van der Waals surface area (Å²) in [6.45, 7) is 4.91. The maximum Gasteiger partial charge on any atom is 0.289 e. The Morgan fingerprint density at radius 1 is 1.20 bits per heavy atom. The Bertz CT molecular complexity index is 609. The molecule has 1 aliphatic heterocycles. The molecule has 0 atom stereocenters. The van der Waals surface area contributed by atoms with E-state index >= 15 is 0 Å². The topological polar surface area (TPSA) is 70.5 Å². The number of carbonyl (C=O) groups excluding carboxylic acids is 2. The molecule has 1 N–H and O–H groups in total. The van der Waals surface area contributed by atoms with Crippen LogP contribution in [0, 0.1) is 0 Å². The molecule has 0 saturated carbocycles. The summed E-state index contributed by atoms with van der Waals surface area (Å²) in [4.78, 5) is 33.5. The molecule has 1 aromatic heterocycles. The summed E-state index contributed by atoms with van der Waals surface area (Å²) in [6.07, 6.45) is 4.85. The molecule has 140 valence electrons. The lowest BCUT2D eigenvalue weighted by molar-refractivity contribution is 0.0775. The average molecular weight is 349 g/mol. The van der Waals surface area contributed by atoms with Crippen molar-refractivity contribution in [2.45, 2.75) is 45.6 Å². The zero-order valence-electron chi connectivity index (χ0n) is 16.0. The minimum absolute atomic E-state index is 0.0936. The molecule has 7 nitrogen and oxygen atoms in total. The Morgan fingerprint density at radius 2 is 1.96 bits per heavy atom. The van der Waals surface area contributed by atoms with Gasteiger partial charge in [-0.25, -0.2) is 4.98 Å². The lowest BCUT2D eigenvalue weighted by Gasteiger charge is -2.20. The minimum atomic E-state index is -0.178. The first-order valence-corrected chi connectivity index (χ1v) is 9.23. The van der Waals surface area contributed by atoms with Crippen LogP contribution in [0.2, 0.25) is 0 Å². The highest BCUT2D eigenvalue weighted by molar-refractivity contribution is 5.97. The van der Waals surface area contributed by atoms with Gasteiger partial charge in [0.25, 0.3) is 11.8 Å². The number of rotatable bonds is 8. The van der Waals surface area contributed by atoms with Crippen molar-refractivity contribution in [2.75, 3.05) is 40.8 Å². The minimum Gasteiger partial charge on any atom is -0.349 e. The number of amides is 2. The van der Waals surface area contributed by atoms with Crippen LogP contribution in [0.15, 0.2) is 0 Å². The van der Waals surface area contributed by atoms with E-state index in [0.717, 1.165) is 50.9 Å². The van der Waals surface area contributed by atoms with Gasteiger partial charge in [-0.2, -0.15) is 0 Å². The van der Waals surface area contributed by atoms with E-state index in [0.29, 0.717) is 24.6 Å². The molecule has 0 unspecified atom stereocenters. The number of nitrogens with one attached hydrogen (secondary N) is 1. The van der Waals surface area contributed by atoms with Crippen LogP contribution >= 0.6 is 0 Å². The number of carbonyl (C=O) groups is 2. The Labute approximate surface area is 150 Å². The number of hydrogen-bond acceptors (Lipinski definition) is 4. The van der Waals surface area contributed by atoms with E-state index in [1.807, 2.05) is 23.6 Å². The van der Waals surface area contributed by atoms with Crippen LogP contribution in [-0.4, -0.2) is 71.9 Å². The van der Waals surface area contributed by atoms with Crippen molar-refractivity contribution in [3.63, 3.8) is 0 Å². The van der Waals surface area contributed by atoms with Gasteiger partial charge < -0.3 is 19.7 Å². The van der Waals surface area contributed by atoms with Crippen molar-refractivity contribution in [3.05, 3.63) is 17.2 Å². The standard InChI is InChI=1S/C18H31N5O2/c1-5-6-11-22(4)18(25)16-20-15(14-9-7-8-12-23(14)16)17(24)19-10-13-21(2)3/h5-13H2,1-4H3,(H,19,24). The third-order valence-electron chi connectivity index (χ3n) is 4.56. The quantitative estimate of drug-likeness (QED) is 0.770. The molecule has 1 aliphatic rings. The molecule has 0 aromatic carbocycles. The van der Waals surface area contributed by atoms with Gasteiger partial charge in [0.1, 0.15) is 5.69 Å². The Balaban J connectivity index is 2.20. The second-order valence-electron chi connectivity index (χ2n) is 6.98. The molecule has 0 spiro atoms. The van der Waals surface area contributed by atoms with Crippen molar-refractivity contribution in [2.24, 2.45) is 0 Å². The van der Waals surface area contributed by atoms with Gasteiger partial charge in [0, 0.05) is 33.2 Å². The van der Waals surface area contributed by atoms with Gasteiger partial charge in [-0.15, -0.1) is 0 Å². The van der Waals surface area contributed by atoms with Gasteiger partial charge in [0.2, 0.25) is 0 Å². The number of likely N-dealkylation sites (N-methyl/N-ethyl adjacent to an activating group) is 1. The van der Waals surface area contributed by atoms with Gasteiger partial charge in [0.05, 0.1) is 5.69 Å². The Morgan fingerprint density at radius 3 is 2.64 bits per heavy atom. The zero-order chi connectivity index (χ0) is 18.4. The summed E-state index contributed by atoms with van der Waals surface area (Å²) in [5, 5.41) is 2.91. The SMILES string of the molecule is CCCCN(C)C(=O)c1nc(C(=O)NCCN(C)C)c2n1CCCC2. The fourth-order valence-electron chi connectivity index (χ4n) is 3.03. The summed E-state index contributed by atoms with van der Waals surface area (Å²) < 4.78 is 1.95. The van der Waals surface area contributed by atoms with Gasteiger partial charge in [0.15, 0.2) is 5.82 Å². The summed E-state index contributed by atoms with van der Waals surface area (Å²) >= 11 is 0. The van der Waals surface area contributed by atoms with Gasteiger partial charge in [-0.1, -0.05) is 13.3 Å². The second-order valence-corrected chi connectivity index (χ2v) is 6.98. The van der Waals surface area contributed by atoms with Crippen molar-refractivity contribution >= 4 is 11.8 Å². The highest BCUT2D eigenvalue weighted by Crippen LogP contribution is 2.22. The number of nitrogens with zero attached hydrogens (tertiary/aromatic N) is 4. The van der Waals surface area contributed by atoms with E-state index in [4.69, 9.17) is 0 Å². The average Bonchev–Trinajstić information content (AvgIpc) is 2.98. The monoisotopic (exact) mass is 349 g/mol. The molecule has 0 saturated heterocycles. The van der Waals surface area contributed by atoms with Crippen molar-refractivity contribution in [1.29, 1.82) is 0 Å². The van der Waals surface area contributed by atoms with E-state index < -0.39 is 0 Å². The van der Waals surface area contributed by atoms with Gasteiger partial charge >= 0.3 is 0 Å². The summed E-state index contributed by atoms with van der Waals surface area (Å²) in [5.41, 5.74) is 1.33. The van der Waals surface area contributed by atoms with Crippen LogP contribution in [0.4, 0.5) is 0 Å². The molecule has 2 heterocycles. The number of fused-ring (bicyclic) bond motifs is 1. The normalized spacial score (nSPS) is 13.6. The maximum absolute atomic E-state index is 12.8. The van der Waals surface area contributed by atoms with Crippen molar-refractivity contribution < 1.29 is 9.59 Å². The first kappa shape index (κ1) is 19.4. The van der Waals surface area contributed by atoms with Crippen LogP contribution in [0.1, 0.15) is 59.4 Å². The number of unbranched alkanes of at least 4 members (excludes halogenated alkanes) is 1. The molecular weight excluding hydrogens is 318 g/mol. The molecule has 2 rings (SSSR count). The van der Waals surface area contributed by atoms with E-state index in [2.05, 4.69) is 17.2 Å². The Kier molecular flexibility index (Phi) is 6.99. The van der Waals surface area contributed by atoms with Gasteiger partial charge in [-0.05, 0) is 39.8 Å². The molecule has 0 aliphatic carbocycles. The third kappa shape index (κ3) is 4.81. The zero-order valence-corrected chi connectivity index (χ0v) is 16.0. The van der Waals surface area contributed by atoms with Crippen LogP contribution in [0.3, 0.4) is 0 Å². The lowest BCUT2D eigenvalue weighted by atomic mass is 10.1. The van der Waals surface area contributed by atoms with Gasteiger partial charge in [-0.3, -0.25) is 9.59 Å². The summed E-state index contributed by atoms with van der Waals surface area (Å²) in [5.74, 6) is 0.137. The maximum atomic E-state index is 12.8. The molecule has 25 heavy (non-hydrogen) atoms. The van der Waals surface area contributed by atoms with Crippen LogP contribution in [0.25, 0.3) is 0 Å². The van der Waals surface area contributed by atoms with Crippen LogP contribution in [-0.2, 0) is 13.0 Å². The summed E-state index contributed by atoms with van der Waals surface area (Å²) in [7, 11) is 5.74. The largest absolute Gasteiger partial charge is 0.349 e. The molecule has 1 aromatic rings. The fraction of sp³-hybridized carbons (Fsp3) is 0.722. The van der Waals surface area contributed by atoms with E-state index in [9.17, 15) is 9.59 Å². The summed E-state index contributed by atoms with van der Waals surface area (Å²) in [6, 6.07) is 0. The van der Waals surface area contributed by atoms with E-state index in [1.54, 1.807) is 11.9 Å². The van der Waals surface area contributed by atoms with Crippen molar-refractivity contribution in [1.82, 2.24) is 24.7 Å². The predicted octanol–water partition coefficient (Wildman–Crippen LogP) is 1.38. The molecule has 2 amide bonds. The smallest absolute Gasteiger partial charge is 0.289 e. The number of imidazole rings is 1. The van der Waals surface area contributed by atoms with E-state index in [-0.39, 0.29) is 11.8 Å². The first-order valence-electron chi connectivity index (χ1n) is 9.23. The number of aromatic nitrogens is 2. The molecule has 7 heteroatoms. The molecular formula is C18H31N5O2. The van der Waals surface area contributed by atoms with Crippen LogP contribution < -0.4 is 5.32 Å². The van der Waals surface area contributed by atoms with Crippen LogP contribution in [0.5, 0.6) is 0 Å². The van der Waals surface area contributed by atoms with Crippen molar-refractivity contribution in [3.8, 4) is 0 Å². The Hall–Kier alpha value is -1.89. The molecule has 0 bridgehead atoms. The predicted molar refractivity (Wildman–Crippen MR) is 97.9 cm³/mol. The second kappa shape index (κ2) is 8.99. The lowest BCUT2D eigenvalue weighted by Crippen LogP contribution is -2.32. The molecule has 0 fully saturated rings. The first-order chi connectivity index (χ1) is 12.0. The third-order valence-corrected chi connectivity index (χ3v) is 4.56.